The second-order valence-corrected chi connectivity index (χ2v) is 9.19. The average molecular weight is 521 g/mol. The van der Waals surface area contributed by atoms with Crippen LogP contribution in [0.5, 0.6) is 5.88 Å². The minimum absolute atomic E-state index is 0.0151. The number of fused-ring (bicyclic) bond motifs is 3. The van der Waals surface area contributed by atoms with E-state index in [0.717, 1.165) is 17.1 Å². The van der Waals surface area contributed by atoms with Crippen LogP contribution in [0.1, 0.15) is 12.0 Å². The molecule has 0 N–H and O–H groups in total. The molecule has 0 unspecified atom stereocenters. The molecule has 3 aromatic heterocycles. The second-order valence-electron chi connectivity index (χ2n) is 8.78. The van der Waals surface area contributed by atoms with E-state index in [1.165, 1.54) is 42.3 Å². The number of pyridine rings is 2. The fraction of sp³-hybridized carbons (Fsp3) is 0.240. The number of aromatic nitrogens is 4. The molecule has 1 aromatic carbocycles. The Kier molecular flexibility index (Phi) is 5.43. The van der Waals surface area contributed by atoms with Gasteiger partial charge < -0.3 is 14.4 Å². The topological polar surface area (TPSA) is 115 Å². The summed E-state index contributed by atoms with van der Waals surface area (Å²) in [6, 6.07) is 8.91. The Morgan fingerprint density at radius 1 is 1.19 bits per heavy atom. The molecule has 5 heterocycles. The molecule has 2 fully saturated rings. The van der Waals surface area contributed by atoms with Gasteiger partial charge in [-0.05, 0) is 30.7 Å². The minimum atomic E-state index is -0.762. The van der Waals surface area contributed by atoms with Crippen molar-refractivity contribution in [3.8, 4) is 23.3 Å². The lowest BCUT2D eigenvalue weighted by atomic mass is 10.2. The van der Waals surface area contributed by atoms with Gasteiger partial charge in [-0.25, -0.2) is 13.8 Å². The van der Waals surface area contributed by atoms with Gasteiger partial charge in [-0.15, -0.1) is 0 Å². The van der Waals surface area contributed by atoms with Crippen LogP contribution in [-0.2, 0) is 4.74 Å². The van der Waals surface area contributed by atoms with Crippen molar-refractivity contribution in [2.45, 2.75) is 18.6 Å². The van der Waals surface area contributed by atoms with E-state index in [1.54, 1.807) is 6.07 Å². The summed E-state index contributed by atoms with van der Waals surface area (Å²) in [5, 5.41) is 9.14. The number of halogens is 2. The molecular weight excluding hydrogens is 503 g/mol. The largest absolute Gasteiger partial charge is 0.480 e. The SMILES string of the molecule is COc1nc(N2C[C@@H]3C[C@H]2CO3)cc2c1c(=O)n(-c1cncc(C#N)c1)c(=O)n2-c1ccc(F)c(Cl)c1. The van der Waals surface area contributed by atoms with Crippen LogP contribution in [0.3, 0.4) is 0 Å². The van der Waals surface area contributed by atoms with Crippen molar-refractivity contribution < 1.29 is 13.9 Å². The van der Waals surface area contributed by atoms with Crippen LogP contribution in [0.2, 0.25) is 5.02 Å². The lowest BCUT2D eigenvalue weighted by Crippen LogP contribution is -2.40. The molecule has 0 amide bonds. The van der Waals surface area contributed by atoms with E-state index < -0.39 is 17.1 Å². The maximum atomic E-state index is 14.0. The summed E-state index contributed by atoms with van der Waals surface area (Å²) in [6.07, 6.45) is 3.55. The van der Waals surface area contributed by atoms with Crippen molar-refractivity contribution in [1.82, 2.24) is 19.1 Å². The Bertz CT molecular complexity index is 1750. The Labute approximate surface area is 213 Å². The van der Waals surface area contributed by atoms with Gasteiger partial charge in [0.05, 0.1) is 59.5 Å². The third-order valence-electron chi connectivity index (χ3n) is 6.65. The molecule has 2 aliphatic rings. The first-order valence-corrected chi connectivity index (χ1v) is 11.7. The molecule has 0 radical (unpaired) electrons. The van der Waals surface area contributed by atoms with Gasteiger partial charge in [0.1, 0.15) is 23.1 Å². The van der Waals surface area contributed by atoms with Gasteiger partial charge in [0.25, 0.3) is 5.56 Å². The molecule has 2 bridgehead atoms. The lowest BCUT2D eigenvalue weighted by molar-refractivity contribution is 0.0988. The molecule has 0 spiro atoms. The molecule has 12 heteroatoms. The van der Waals surface area contributed by atoms with Crippen molar-refractivity contribution in [1.29, 1.82) is 5.26 Å². The zero-order valence-corrected chi connectivity index (χ0v) is 20.1. The number of methoxy groups -OCH3 is 1. The summed E-state index contributed by atoms with van der Waals surface area (Å²) in [6.45, 7) is 1.17. The maximum absolute atomic E-state index is 14.0. The molecule has 0 saturated carbocycles. The highest BCUT2D eigenvalue weighted by Crippen LogP contribution is 2.35. The normalized spacial score (nSPS) is 18.4. The van der Waals surface area contributed by atoms with Crippen LogP contribution >= 0.6 is 11.6 Å². The number of benzene rings is 1. The fourth-order valence-electron chi connectivity index (χ4n) is 4.96. The first-order chi connectivity index (χ1) is 17.9. The van der Waals surface area contributed by atoms with Crippen LogP contribution in [0.25, 0.3) is 22.3 Å². The van der Waals surface area contributed by atoms with Gasteiger partial charge in [-0.1, -0.05) is 11.6 Å². The summed E-state index contributed by atoms with van der Waals surface area (Å²) in [7, 11) is 1.39. The Hall–Kier alpha value is -4.27. The molecule has 2 atom stereocenters. The molecular formula is C25H18ClFN6O4. The number of ether oxygens (including phenoxy) is 2. The van der Waals surface area contributed by atoms with Gasteiger partial charge >= 0.3 is 5.69 Å². The molecule has 10 nitrogen and oxygen atoms in total. The van der Waals surface area contributed by atoms with Crippen molar-refractivity contribution in [3.63, 3.8) is 0 Å². The number of morpholine rings is 1. The number of anilines is 1. The van der Waals surface area contributed by atoms with Crippen LogP contribution in [0, 0.1) is 17.1 Å². The highest BCUT2D eigenvalue weighted by atomic mass is 35.5. The fourth-order valence-corrected chi connectivity index (χ4v) is 5.14. The average Bonchev–Trinajstić information content (AvgIpc) is 3.54. The smallest absolute Gasteiger partial charge is 0.340 e. The van der Waals surface area contributed by atoms with Gasteiger partial charge in [-0.3, -0.25) is 14.3 Å². The van der Waals surface area contributed by atoms with E-state index in [4.69, 9.17) is 21.1 Å². The third kappa shape index (κ3) is 3.64. The van der Waals surface area contributed by atoms with Crippen molar-refractivity contribution >= 4 is 28.3 Å². The Morgan fingerprint density at radius 2 is 2.03 bits per heavy atom. The minimum Gasteiger partial charge on any atom is -0.480 e. The summed E-state index contributed by atoms with van der Waals surface area (Å²) in [4.78, 5) is 38.4. The summed E-state index contributed by atoms with van der Waals surface area (Å²) >= 11 is 6.07. The van der Waals surface area contributed by atoms with Crippen molar-refractivity contribution in [3.05, 3.63) is 80.0 Å². The van der Waals surface area contributed by atoms with Crippen LogP contribution in [0.15, 0.2) is 52.3 Å². The molecule has 37 heavy (non-hydrogen) atoms. The van der Waals surface area contributed by atoms with E-state index >= 15 is 0 Å². The van der Waals surface area contributed by atoms with Crippen molar-refractivity contribution in [2.75, 3.05) is 25.2 Å². The molecule has 2 aliphatic heterocycles. The predicted molar refractivity (Wildman–Crippen MR) is 132 cm³/mol. The summed E-state index contributed by atoms with van der Waals surface area (Å²) < 4.78 is 27.4. The number of rotatable bonds is 4. The van der Waals surface area contributed by atoms with Crippen molar-refractivity contribution in [2.24, 2.45) is 0 Å². The Balaban J connectivity index is 1.72. The van der Waals surface area contributed by atoms with E-state index in [9.17, 15) is 19.2 Å². The summed E-state index contributed by atoms with van der Waals surface area (Å²) in [5.74, 6) is -0.122. The monoisotopic (exact) mass is 520 g/mol. The van der Waals surface area contributed by atoms with Crippen LogP contribution in [-0.4, -0.2) is 51.5 Å². The first kappa shape index (κ1) is 23.1. The molecule has 6 rings (SSSR count). The molecule has 0 aliphatic carbocycles. The summed E-state index contributed by atoms with van der Waals surface area (Å²) in [5.41, 5.74) is -0.787. The van der Waals surface area contributed by atoms with Gasteiger partial charge in [0.2, 0.25) is 5.88 Å². The number of nitrogens with zero attached hydrogens (tertiary/aromatic N) is 6. The number of nitriles is 1. The van der Waals surface area contributed by atoms with Gasteiger partial charge in [0.15, 0.2) is 0 Å². The van der Waals surface area contributed by atoms with Gasteiger partial charge in [0, 0.05) is 18.8 Å². The second kappa shape index (κ2) is 8.69. The molecule has 4 aromatic rings. The number of hydrogen-bond acceptors (Lipinski definition) is 8. The first-order valence-electron chi connectivity index (χ1n) is 11.4. The van der Waals surface area contributed by atoms with E-state index in [2.05, 4.69) is 14.9 Å². The third-order valence-corrected chi connectivity index (χ3v) is 6.94. The standard InChI is InChI=1S/C25H18ClFN6O4/c1-36-23-22-20(7-21(30-23)31-11-17-5-16(31)12-37-17)32(14-2-3-19(27)18(26)6-14)25(35)33(24(22)34)15-4-13(8-28)9-29-10-15/h2-4,6-7,9-10,16-17H,5,11-12H2,1H3/t16-,17-/m0/s1. The van der Waals surface area contributed by atoms with Gasteiger partial charge in [-0.2, -0.15) is 10.2 Å². The quantitative estimate of drug-likeness (QED) is 0.403. The Morgan fingerprint density at radius 3 is 2.70 bits per heavy atom. The molecule has 186 valence electrons. The zero-order valence-electron chi connectivity index (χ0n) is 19.4. The highest BCUT2D eigenvalue weighted by molar-refractivity contribution is 6.30. The van der Waals surface area contributed by atoms with E-state index in [-0.39, 0.29) is 50.9 Å². The number of hydrogen-bond donors (Lipinski definition) is 0. The maximum Gasteiger partial charge on any atom is 0.340 e. The zero-order chi connectivity index (χ0) is 25.8. The van der Waals surface area contributed by atoms with E-state index in [1.807, 2.05) is 6.07 Å². The van der Waals surface area contributed by atoms with Crippen LogP contribution < -0.4 is 20.9 Å². The van der Waals surface area contributed by atoms with E-state index in [0.29, 0.717) is 19.0 Å². The molecule has 2 saturated heterocycles. The predicted octanol–water partition coefficient (Wildman–Crippen LogP) is 2.58. The van der Waals surface area contributed by atoms with Crippen LogP contribution in [0.4, 0.5) is 10.2 Å². The lowest BCUT2D eigenvalue weighted by Gasteiger charge is -2.28. The highest BCUT2D eigenvalue weighted by Gasteiger charge is 2.40.